The summed E-state index contributed by atoms with van der Waals surface area (Å²) < 4.78 is 8.06. The van der Waals surface area contributed by atoms with E-state index in [4.69, 9.17) is 4.74 Å². The van der Waals surface area contributed by atoms with Crippen molar-refractivity contribution >= 4 is 44.5 Å². The summed E-state index contributed by atoms with van der Waals surface area (Å²) in [6, 6.07) is 6.00. The van der Waals surface area contributed by atoms with Gasteiger partial charge in [0.2, 0.25) is 0 Å². The van der Waals surface area contributed by atoms with Crippen molar-refractivity contribution in [2.24, 2.45) is 5.41 Å². The Bertz CT molecular complexity index is 369. The molecule has 1 aromatic rings. The molecule has 0 aliphatic heterocycles. The Balaban J connectivity index is 2.80. The van der Waals surface area contributed by atoms with Crippen LogP contribution in [0.4, 0.5) is 0 Å². The Morgan fingerprint density at radius 1 is 1.11 bits per heavy atom. The van der Waals surface area contributed by atoms with Gasteiger partial charge in [0.15, 0.2) is 0 Å². The number of hydrogen-bond donors (Lipinski definition) is 1. The monoisotopic (exact) mass is 408 g/mol. The molecule has 1 aromatic carbocycles. The van der Waals surface area contributed by atoms with Crippen molar-refractivity contribution in [2.45, 2.75) is 39.5 Å². The summed E-state index contributed by atoms with van der Waals surface area (Å²) in [5.74, 6) is 1.76. The number of thiol groups is 1. The van der Waals surface area contributed by atoms with Gasteiger partial charge in [0.25, 0.3) is 0 Å². The van der Waals surface area contributed by atoms with E-state index >= 15 is 0 Å². The molecule has 0 radical (unpaired) electrons. The maximum Gasteiger partial charge on any atom is 0.147 e. The van der Waals surface area contributed by atoms with Crippen LogP contribution in [0, 0.1) is 5.41 Å². The van der Waals surface area contributed by atoms with Crippen LogP contribution in [0.1, 0.15) is 39.5 Å². The summed E-state index contributed by atoms with van der Waals surface area (Å²) in [6.45, 7) is 5.17. The number of ether oxygens (including phenoxy) is 1. The van der Waals surface area contributed by atoms with Crippen molar-refractivity contribution in [3.8, 4) is 5.75 Å². The van der Waals surface area contributed by atoms with Gasteiger partial charge in [-0.15, -0.1) is 0 Å². The van der Waals surface area contributed by atoms with Crippen molar-refractivity contribution < 1.29 is 4.74 Å². The summed E-state index contributed by atoms with van der Waals surface area (Å²) in [5, 5.41) is 0. The second kappa shape index (κ2) is 8.58. The molecule has 0 atom stereocenters. The third-order valence-corrected chi connectivity index (χ3v) is 5.26. The van der Waals surface area contributed by atoms with Gasteiger partial charge in [-0.2, -0.15) is 12.6 Å². The molecule has 0 fully saturated rings. The normalized spacial score (nSPS) is 11.6. The molecule has 19 heavy (non-hydrogen) atoms. The zero-order valence-corrected chi connectivity index (χ0v) is 15.7. The standard InChI is InChI=1S/C15H22Br2OS/c1-3-8-15(11-19,9-4-2)10-18-14-12(16)6-5-7-13(14)17/h5-7,19H,3-4,8-11H2,1-2H3. The summed E-state index contributed by atoms with van der Waals surface area (Å²) >= 11 is 11.6. The predicted octanol–water partition coefficient (Wildman–Crippen LogP) is 6.11. The molecule has 0 saturated heterocycles. The molecule has 4 heteroatoms. The van der Waals surface area contributed by atoms with Crippen molar-refractivity contribution in [1.29, 1.82) is 0 Å². The molecule has 1 rings (SSSR count). The molecule has 1 nitrogen and oxygen atoms in total. The summed E-state index contributed by atoms with van der Waals surface area (Å²) in [7, 11) is 0. The minimum atomic E-state index is 0.182. The van der Waals surface area contributed by atoms with Crippen molar-refractivity contribution in [3.05, 3.63) is 27.1 Å². The van der Waals surface area contributed by atoms with E-state index in [9.17, 15) is 0 Å². The highest BCUT2D eigenvalue weighted by molar-refractivity contribution is 9.11. The first-order chi connectivity index (χ1) is 9.08. The van der Waals surface area contributed by atoms with E-state index in [1.165, 1.54) is 12.8 Å². The molecule has 0 saturated carbocycles. The lowest BCUT2D eigenvalue weighted by atomic mass is 9.82. The fourth-order valence-electron chi connectivity index (χ4n) is 2.38. The highest BCUT2D eigenvalue weighted by atomic mass is 79.9. The smallest absolute Gasteiger partial charge is 0.147 e. The Hall–Kier alpha value is 0.330. The minimum Gasteiger partial charge on any atom is -0.491 e. The molecule has 0 N–H and O–H groups in total. The Labute approximate surface area is 139 Å². The van der Waals surface area contributed by atoms with Gasteiger partial charge in [-0.05, 0) is 62.6 Å². The zero-order valence-electron chi connectivity index (χ0n) is 11.6. The summed E-state index contributed by atoms with van der Waals surface area (Å²) in [5.41, 5.74) is 0.182. The average molecular weight is 410 g/mol. The van der Waals surface area contributed by atoms with Gasteiger partial charge in [0.05, 0.1) is 15.6 Å². The molecule has 0 spiro atoms. The van der Waals surface area contributed by atoms with Crippen LogP contribution in [0.3, 0.4) is 0 Å². The highest BCUT2D eigenvalue weighted by Crippen LogP contribution is 2.37. The highest BCUT2D eigenvalue weighted by Gasteiger charge is 2.28. The molecule has 0 heterocycles. The quantitative estimate of drug-likeness (QED) is 0.509. The number of para-hydroxylation sites is 1. The van der Waals surface area contributed by atoms with Crippen molar-refractivity contribution in [2.75, 3.05) is 12.4 Å². The molecule has 0 aromatic heterocycles. The SMILES string of the molecule is CCCC(CS)(CCC)COc1c(Br)cccc1Br. The van der Waals surface area contributed by atoms with E-state index in [2.05, 4.69) is 58.3 Å². The van der Waals surface area contributed by atoms with Gasteiger partial charge in [-0.3, -0.25) is 0 Å². The second-order valence-electron chi connectivity index (χ2n) is 5.00. The van der Waals surface area contributed by atoms with E-state index < -0.39 is 0 Å². The van der Waals surface area contributed by atoms with Crippen LogP contribution >= 0.6 is 44.5 Å². The zero-order chi connectivity index (χ0) is 14.3. The molecule has 0 aliphatic rings. The van der Waals surface area contributed by atoms with Gasteiger partial charge in [0, 0.05) is 5.41 Å². The van der Waals surface area contributed by atoms with Crippen LogP contribution in [0.15, 0.2) is 27.1 Å². The molecule has 0 bridgehead atoms. The van der Waals surface area contributed by atoms with Gasteiger partial charge in [-0.25, -0.2) is 0 Å². The van der Waals surface area contributed by atoms with Crippen LogP contribution in [-0.4, -0.2) is 12.4 Å². The van der Waals surface area contributed by atoms with Crippen LogP contribution in [0.5, 0.6) is 5.75 Å². The number of halogens is 2. The van der Waals surface area contributed by atoms with Gasteiger partial charge in [-0.1, -0.05) is 32.8 Å². The largest absolute Gasteiger partial charge is 0.491 e. The Kier molecular flexibility index (Phi) is 7.85. The summed E-state index contributed by atoms with van der Waals surface area (Å²) in [4.78, 5) is 0. The van der Waals surface area contributed by atoms with Crippen LogP contribution in [0.25, 0.3) is 0 Å². The maximum absolute atomic E-state index is 6.09. The van der Waals surface area contributed by atoms with E-state index in [1.807, 2.05) is 18.2 Å². The average Bonchev–Trinajstić information content (AvgIpc) is 2.38. The topological polar surface area (TPSA) is 9.23 Å². The fourth-order valence-corrected chi connectivity index (χ4v) is 4.01. The molecular formula is C15H22Br2OS. The van der Waals surface area contributed by atoms with Gasteiger partial charge in [0.1, 0.15) is 5.75 Å². The second-order valence-corrected chi connectivity index (χ2v) is 7.02. The Morgan fingerprint density at radius 2 is 1.63 bits per heavy atom. The molecule has 108 valence electrons. The first-order valence-electron chi connectivity index (χ1n) is 6.76. The van der Waals surface area contributed by atoms with E-state index in [1.54, 1.807) is 0 Å². The van der Waals surface area contributed by atoms with Crippen LogP contribution in [0.2, 0.25) is 0 Å². The third kappa shape index (κ3) is 4.98. The molecule has 0 aliphatic carbocycles. The van der Waals surface area contributed by atoms with Gasteiger partial charge >= 0.3 is 0 Å². The Morgan fingerprint density at radius 3 is 2.05 bits per heavy atom. The van der Waals surface area contributed by atoms with Crippen molar-refractivity contribution in [1.82, 2.24) is 0 Å². The predicted molar refractivity (Wildman–Crippen MR) is 93.4 cm³/mol. The van der Waals surface area contributed by atoms with E-state index in [-0.39, 0.29) is 5.41 Å². The lowest BCUT2D eigenvalue weighted by Crippen LogP contribution is -2.30. The number of benzene rings is 1. The van der Waals surface area contributed by atoms with Crippen LogP contribution < -0.4 is 4.74 Å². The molecule has 0 unspecified atom stereocenters. The lowest BCUT2D eigenvalue weighted by Gasteiger charge is -2.32. The van der Waals surface area contributed by atoms with Crippen molar-refractivity contribution in [3.63, 3.8) is 0 Å². The van der Waals surface area contributed by atoms with E-state index in [0.29, 0.717) is 0 Å². The first-order valence-corrected chi connectivity index (χ1v) is 8.98. The maximum atomic E-state index is 6.09. The summed E-state index contributed by atoms with van der Waals surface area (Å²) in [6.07, 6.45) is 4.65. The van der Waals surface area contributed by atoms with Crippen LogP contribution in [-0.2, 0) is 0 Å². The third-order valence-electron chi connectivity index (χ3n) is 3.34. The fraction of sp³-hybridized carbons (Fsp3) is 0.600. The lowest BCUT2D eigenvalue weighted by molar-refractivity contribution is 0.142. The number of hydrogen-bond acceptors (Lipinski definition) is 2. The molecular weight excluding hydrogens is 388 g/mol. The number of rotatable bonds is 8. The van der Waals surface area contributed by atoms with Gasteiger partial charge < -0.3 is 4.74 Å². The van der Waals surface area contributed by atoms with E-state index in [0.717, 1.165) is 39.9 Å². The minimum absolute atomic E-state index is 0.182. The molecule has 0 amide bonds. The first kappa shape index (κ1) is 17.4.